The van der Waals surface area contributed by atoms with Gasteiger partial charge in [-0.25, -0.2) is 13.7 Å². The molecule has 136 valence electrons. The summed E-state index contributed by atoms with van der Waals surface area (Å²) < 4.78 is 15.4. The van der Waals surface area contributed by atoms with Crippen LogP contribution in [0.2, 0.25) is 0 Å². The van der Waals surface area contributed by atoms with Gasteiger partial charge in [0, 0.05) is 17.4 Å². The molecule has 0 unspecified atom stereocenters. The molecule has 2 aromatic carbocycles. The first-order valence-electron chi connectivity index (χ1n) is 8.21. The van der Waals surface area contributed by atoms with Gasteiger partial charge < -0.3 is 10.4 Å². The highest BCUT2D eigenvalue weighted by atomic mass is 19.1. The molecule has 2 heterocycles. The highest BCUT2D eigenvalue weighted by Crippen LogP contribution is 2.25. The van der Waals surface area contributed by atoms with Gasteiger partial charge in [0.25, 0.3) is 0 Å². The Hall–Kier alpha value is -4.25. The van der Waals surface area contributed by atoms with E-state index in [0.717, 1.165) is 17.2 Å². The number of hydrogen-bond donors (Lipinski definition) is 2. The lowest BCUT2D eigenvalue weighted by atomic mass is 10.1. The number of carboxylic acids is 1. The van der Waals surface area contributed by atoms with Gasteiger partial charge in [0.2, 0.25) is 5.95 Å². The molecule has 8 heteroatoms. The van der Waals surface area contributed by atoms with Crippen LogP contribution < -0.4 is 5.32 Å². The molecule has 0 fully saturated rings. The summed E-state index contributed by atoms with van der Waals surface area (Å²) in [7, 11) is 0. The van der Waals surface area contributed by atoms with Crippen molar-refractivity contribution in [1.82, 2.24) is 14.6 Å². The van der Waals surface area contributed by atoms with E-state index in [1.54, 1.807) is 22.8 Å². The van der Waals surface area contributed by atoms with Crippen LogP contribution in [-0.2, 0) is 0 Å². The quantitative estimate of drug-likeness (QED) is 0.563. The van der Waals surface area contributed by atoms with Crippen molar-refractivity contribution in [1.29, 1.82) is 5.26 Å². The maximum Gasteiger partial charge on any atom is 0.338 e. The third kappa shape index (κ3) is 3.12. The molecule has 0 aliphatic heterocycles. The van der Waals surface area contributed by atoms with Crippen LogP contribution in [0.1, 0.15) is 15.9 Å². The molecule has 0 bridgehead atoms. The van der Waals surface area contributed by atoms with Crippen LogP contribution in [-0.4, -0.2) is 25.7 Å². The summed E-state index contributed by atoms with van der Waals surface area (Å²) in [6.07, 6.45) is 1.73. The van der Waals surface area contributed by atoms with Gasteiger partial charge in [-0.3, -0.25) is 0 Å². The molecule has 2 N–H and O–H groups in total. The van der Waals surface area contributed by atoms with Crippen molar-refractivity contribution in [3.8, 4) is 17.2 Å². The number of aromatic nitrogens is 3. The van der Waals surface area contributed by atoms with Crippen LogP contribution in [0.15, 0.2) is 60.8 Å². The molecule has 0 atom stereocenters. The van der Waals surface area contributed by atoms with E-state index in [1.807, 2.05) is 24.3 Å². The monoisotopic (exact) mass is 373 g/mol. The Morgan fingerprint density at radius 2 is 1.96 bits per heavy atom. The van der Waals surface area contributed by atoms with Crippen LogP contribution in [0.5, 0.6) is 0 Å². The Labute approximate surface area is 158 Å². The molecule has 0 saturated heterocycles. The van der Waals surface area contributed by atoms with E-state index in [1.165, 1.54) is 12.1 Å². The smallest absolute Gasteiger partial charge is 0.338 e. The van der Waals surface area contributed by atoms with Crippen LogP contribution in [0.3, 0.4) is 0 Å². The number of hydrogen-bond acceptors (Lipinski definition) is 5. The van der Waals surface area contributed by atoms with Crippen LogP contribution >= 0.6 is 0 Å². The largest absolute Gasteiger partial charge is 0.478 e. The van der Waals surface area contributed by atoms with Crippen LogP contribution in [0.25, 0.3) is 16.8 Å². The number of nitriles is 1. The fourth-order valence-corrected chi connectivity index (χ4v) is 2.80. The Balaban J connectivity index is 1.69. The first kappa shape index (κ1) is 17.2. The minimum atomic E-state index is -1.33. The topological polar surface area (TPSA) is 103 Å². The maximum atomic E-state index is 13.9. The SMILES string of the molecule is N#Cc1ccc(-c2cccn3nc(Nc4ccc(C(=O)O)c(F)c4)nc23)cc1. The minimum absolute atomic E-state index is 0.239. The summed E-state index contributed by atoms with van der Waals surface area (Å²) in [5.41, 5.74) is 2.76. The average Bonchev–Trinajstić information content (AvgIpc) is 3.10. The number of anilines is 2. The molecule has 0 amide bonds. The molecule has 0 aliphatic carbocycles. The molecule has 0 spiro atoms. The van der Waals surface area contributed by atoms with E-state index in [9.17, 15) is 9.18 Å². The molecule has 2 aromatic heterocycles. The number of pyridine rings is 1. The van der Waals surface area contributed by atoms with E-state index >= 15 is 0 Å². The molecule has 28 heavy (non-hydrogen) atoms. The normalized spacial score (nSPS) is 10.6. The third-order valence-electron chi connectivity index (χ3n) is 4.14. The fraction of sp³-hybridized carbons (Fsp3) is 0. The van der Waals surface area contributed by atoms with Crippen molar-refractivity contribution in [2.24, 2.45) is 0 Å². The van der Waals surface area contributed by atoms with Crippen molar-refractivity contribution < 1.29 is 14.3 Å². The number of nitrogens with one attached hydrogen (secondary N) is 1. The Morgan fingerprint density at radius 3 is 2.64 bits per heavy atom. The van der Waals surface area contributed by atoms with Gasteiger partial charge in [-0.05, 0) is 48.0 Å². The van der Waals surface area contributed by atoms with E-state index in [4.69, 9.17) is 10.4 Å². The van der Waals surface area contributed by atoms with E-state index < -0.39 is 17.3 Å². The Bertz CT molecular complexity index is 1240. The number of halogens is 1. The zero-order chi connectivity index (χ0) is 19.7. The first-order chi connectivity index (χ1) is 13.5. The summed E-state index contributed by atoms with van der Waals surface area (Å²) in [5, 5.41) is 25.0. The highest BCUT2D eigenvalue weighted by Gasteiger charge is 2.13. The number of aromatic carboxylic acids is 1. The summed E-state index contributed by atoms with van der Waals surface area (Å²) >= 11 is 0. The third-order valence-corrected chi connectivity index (χ3v) is 4.14. The van der Waals surface area contributed by atoms with E-state index in [-0.39, 0.29) is 5.95 Å². The lowest BCUT2D eigenvalue weighted by Crippen LogP contribution is -2.01. The minimum Gasteiger partial charge on any atom is -0.478 e. The van der Waals surface area contributed by atoms with E-state index in [0.29, 0.717) is 16.9 Å². The predicted molar refractivity (Wildman–Crippen MR) is 99.8 cm³/mol. The average molecular weight is 373 g/mol. The van der Waals surface area contributed by atoms with Crippen molar-refractivity contribution >= 4 is 23.3 Å². The summed E-state index contributed by atoms with van der Waals surface area (Å²) in [6, 6.07) is 16.6. The molecule has 0 aliphatic rings. The molecule has 7 nitrogen and oxygen atoms in total. The lowest BCUT2D eigenvalue weighted by molar-refractivity contribution is 0.0692. The number of nitrogens with zero attached hydrogens (tertiary/aromatic N) is 4. The number of rotatable bonds is 4. The zero-order valence-electron chi connectivity index (χ0n) is 14.3. The highest BCUT2D eigenvalue weighted by molar-refractivity contribution is 5.88. The number of benzene rings is 2. The molecule has 4 aromatic rings. The predicted octanol–water partition coefficient (Wildman–Crippen LogP) is 3.85. The second-order valence-electron chi connectivity index (χ2n) is 5.94. The van der Waals surface area contributed by atoms with Crippen molar-refractivity contribution in [2.75, 3.05) is 5.32 Å². The Morgan fingerprint density at radius 1 is 1.18 bits per heavy atom. The number of carbonyl (C=O) groups is 1. The molecule has 0 saturated carbocycles. The maximum absolute atomic E-state index is 13.9. The van der Waals surface area contributed by atoms with Gasteiger partial charge in [-0.1, -0.05) is 12.1 Å². The van der Waals surface area contributed by atoms with Crippen LogP contribution in [0.4, 0.5) is 16.0 Å². The number of carboxylic acid groups (broad SMARTS) is 1. The summed E-state index contributed by atoms with van der Waals surface area (Å²) in [5.74, 6) is -1.94. The molecule has 4 rings (SSSR count). The fourth-order valence-electron chi connectivity index (χ4n) is 2.80. The van der Waals surface area contributed by atoms with Crippen molar-refractivity contribution in [3.05, 3.63) is 77.7 Å². The number of fused-ring (bicyclic) bond motifs is 1. The molecular weight excluding hydrogens is 361 g/mol. The second kappa shape index (κ2) is 6.81. The van der Waals surface area contributed by atoms with Gasteiger partial charge in [-0.15, -0.1) is 5.10 Å². The van der Waals surface area contributed by atoms with Gasteiger partial charge in [0.05, 0.1) is 17.2 Å². The molecule has 0 radical (unpaired) electrons. The molecular formula is C20H12FN5O2. The zero-order valence-corrected chi connectivity index (χ0v) is 14.3. The first-order valence-corrected chi connectivity index (χ1v) is 8.21. The second-order valence-corrected chi connectivity index (χ2v) is 5.94. The van der Waals surface area contributed by atoms with Crippen LogP contribution in [0, 0.1) is 17.1 Å². The lowest BCUT2D eigenvalue weighted by Gasteiger charge is -2.03. The Kier molecular flexibility index (Phi) is 4.18. The van der Waals surface area contributed by atoms with Crippen molar-refractivity contribution in [2.45, 2.75) is 0 Å². The van der Waals surface area contributed by atoms with E-state index in [2.05, 4.69) is 21.5 Å². The summed E-state index contributed by atoms with van der Waals surface area (Å²) in [6.45, 7) is 0. The van der Waals surface area contributed by atoms with Gasteiger partial charge >= 0.3 is 5.97 Å². The van der Waals surface area contributed by atoms with Gasteiger partial charge in [0.1, 0.15) is 5.82 Å². The van der Waals surface area contributed by atoms with Gasteiger partial charge in [-0.2, -0.15) is 10.2 Å². The van der Waals surface area contributed by atoms with Crippen molar-refractivity contribution in [3.63, 3.8) is 0 Å². The van der Waals surface area contributed by atoms with Gasteiger partial charge in [0.15, 0.2) is 5.65 Å². The summed E-state index contributed by atoms with van der Waals surface area (Å²) in [4.78, 5) is 15.4. The standard InChI is InChI=1S/C20H12FN5O2/c21-17-10-14(7-8-16(17)19(27)28)23-20-24-18-15(2-1-9-26(18)25-20)13-5-3-12(11-22)4-6-13/h1-10H,(H,23,25)(H,27,28).